The quantitative estimate of drug-likeness (QED) is 0.414. The van der Waals surface area contributed by atoms with E-state index < -0.39 is 0 Å². The molecule has 2 aromatic heterocycles. The molecule has 37 heavy (non-hydrogen) atoms. The number of piperidine rings is 1. The summed E-state index contributed by atoms with van der Waals surface area (Å²) in [6.45, 7) is 2.91. The molecule has 0 radical (unpaired) electrons. The Hall–Kier alpha value is -4.35. The number of benzene rings is 2. The lowest BCUT2D eigenvalue weighted by Gasteiger charge is -2.28. The van der Waals surface area contributed by atoms with Gasteiger partial charge in [-0.15, -0.1) is 0 Å². The summed E-state index contributed by atoms with van der Waals surface area (Å²) in [6.07, 6.45) is 6.25. The van der Waals surface area contributed by atoms with Gasteiger partial charge in [0, 0.05) is 17.2 Å². The van der Waals surface area contributed by atoms with E-state index in [1.165, 1.54) is 0 Å². The lowest BCUT2D eigenvalue weighted by Crippen LogP contribution is -2.32. The minimum Gasteiger partial charge on any atom is -0.490 e. The Morgan fingerprint density at radius 1 is 1.05 bits per heavy atom. The van der Waals surface area contributed by atoms with Gasteiger partial charge in [-0.2, -0.15) is 10.4 Å². The van der Waals surface area contributed by atoms with Gasteiger partial charge in [0.1, 0.15) is 0 Å². The number of rotatable bonds is 7. The average molecular weight is 493 g/mol. The van der Waals surface area contributed by atoms with E-state index in [1.807, 2.05) is 36.4 Å². The van der Waals surface area contributed by atoms with E-state index in [0.717, 1.165) is 48.2 Å². The molecular formula is C29H28N6O2. The number of hydrogen-bond acceptors (Lipinski definition) is 7. The fourth-order valence-electron chi connectivity index (χ4n) is 4.59. The van der Waals surface area contributed by atoms with E-state index in [2.05, 4.69) is 38.2 Å². The second kappa shape index (κ2) is 11.1. The van der Waals surface area contributed by atoms with Crippen LogP contribution in [0.4, 0.5) is 0 Å². The van der Waals surface area contributed by atoms with Gasteiger partial charge in [-0.3, -0.25) is 4.79 Å². The Balaban J connectivity index is 1.31. The lowest BCUT2D eigenvalue weighted by atomic mass is 9.98. The van der Waals surface area contributed by atoms with Gasteiger partial charge in [-0.05, 0) is 74.6 Å². The second-order valence-corrected chi connectivity index (χ2v) is 9.48. The molecule has 186 valence electrons. The first-order valence-corrected chi connectivity index (χ1v) is 12.4. The maximum absolute atomic E-state index is 12.1. The summed E-state index contributed by atoms with van der Waals surface area (Å²) >= 11 is 0. The summed E-state index contributed by atoms with van der Waals surface area (Å²) in [5, 5.41) is 16.1. The van der Waals surface area contributed by atoms with Crippen molar-refractivity contribution in [3.05, 3.63) is 94.0 Å². The van der Waals surface area contributed by atoms with Crippen molar-refractivity contribution in [2.24, 2.45) is 5.92 Å². The molecule has 0 bridgehead atoms. The van der Waals surface area contributed by atoms with Crippen molar-refractivity contribution in [2.75, 3.05) is 26.7 Å². The molecule has 5 rings (SSSR count). The number of likely N-dealkylation sites (tertiary alicyclic amines) is 1. The van der Waals surface area contributed by atoms with Crippen molar-refractivity contribution >= 4 is 0 Å². The summed E-state index contributed by atoms with van der Waals surface area (Å²) in [7, 11) is 2.16. The first kappa shape index (κ1) is 24.3. The number of aromatic amines is 1. The van der Waals surface area contributed by atoms with Crippen LogP contribution >= 0.6 is 0 Å². The summed E-state index contributed by atoms with van der Waals surface area (Å²) in [5.74, 6) is 1.86. The van der Waals surface area contributed by atoms with E-state index in [1.54, 1.807) is 30.6 Å². The molecule has 1 saturated heterocycles. The van der Waals surface area contributed by atoms with Crippen LogP contribution in [0.3, 0.4) is 0 Å². The van der Waals surface area contributed by atoms with Crippen LogP contribution in [0.2, 0.25) is 0 Å². The van der Waals surface area contributed by atoms with Gasteiger partial charge in [-0.1, -0.05) is 30.3 Å². The first-order valence-electron chi connectivity index (χ1n) is 12.4. The molecule has 1 fully saturated rings. The summed E-state index contributed by atoms with van der Waals surface area (Å²) in [6, 6.07) is 18.8. The number of nitriles is 1. The Morgan fingerprint density at radius 2 is 1.81 bits per heavy atom. The van der Waals surface area contributed by atoms with Gasteiger partial charge in [-0.25, -0.2) is 15.1 Å². The number of nitrogens with one attached hydrogen (secondary N) is 1. The number of aromatic nitrogens is 4. The molecule has 0 saturated carbocycles. The highest BCUT2D eigenvalue weighted by Crippen LogP contribution is 2.25. The zero-order valence-corrected chi connectivity index (χ0v) is 20.7. The van der Waals surface area contributed by atoms with E-state index in [9.17, 15) is 10.1 Å². The van der Waals surface area contributed by atoms with E-state index in [4.69, 9.17) is 4.74 Å². The molecule has 0 atom stereocenters. The van der Waals surface area contributed by atoms with E-state index in [-0.39, 0.29) is 5.56 Å². The lowest BCUT2D eigenvalue weighted by molar-refractivity contribution is 0.159. The predicted molar refractivity (Wildman–Crippen MR) is 141 cm³/mol. The molecule has 4 aromatic rings. The van der Waals surface area contributed by atoms with Crippen LogP contribution in [0.5, 0.6) is 5.75 Å². The summed E-state index contributed by atoms with van der Waals surface area (Å²) in [5.41, 5.74) is 4.33. The third-order valence-electron chi connectivity index (χ3n) is 6.68. The Labute approximate surface area is 215 Å². The smallest absolute Gasteiger partial charge is 0.264 e. The highest BCUT2D eigenvalue weighted by atomic mass is 16.5. The molecule has 1 aliphatic rings. The number of ether oxygens (including phenoxy) is 1. The van der Waals surface area contributed by atoms with Gasteiger partial charge >= 0.3 is 0 Å². The highest BCUT2D eigenvalue weighted by Gasteiger charge is 2.17. The van der Waals surface area contributed by atoms with Crippen LogP contribution in [-0.2, 0) is 6.42 Å². The minimum absolute atomic E-state index is 0.273. The summed E-state index contributed by atoms with van der Waals surface area (Å²) < 4.78 is 5.95. The van der Waals surface area contributed by atoms with Crippen molar-refractivity contribution in [1.82, 2.24) is 25.1 Å². The molecule has 0 aliphatic carbocycles. The van der Waals surface area contributed by atoms with Gasteiger partial charge in [0.15, 0.2) is 11.6 Å². The topological polar surface area (TPSA) is 108 Å². The Bertz CT molecular complexity index is 1470. The van der Waals surface area contributed by atoms with Crippen LogP contribution < -0.4 is 10.3 Å². The van der Waals surface area contributed by atoms with Crippen molar-refractivity contribution in [3.63, 3.8) is 0 Å². The maximum atomic E-state index is 12.1. The number of nitrogens with zero attached hydrogens (tertiary/aromatic N) is 5. The average Bonchev–Trinajstić information content (AvgIpc) is 2.93. The van der Waals surface area contributed by atoms with Gasteiger partial charge < -0.3 is 9.64 Å². The second-order valence-electron chi connectivity index (χ2n) is 9.48. The van der Waals surface area contributed by atoms with Crippen LogP contribution in [0.1, 0.15) is 29.5 Å². The molecule has 8 heteroatoms. The third kappa shape index (κ3) is 6.08. The third-order valence-corrected chi connectivity index (χ3v) is 6.68. The zero-order valence-electron chi connectivity index (χ0n) is 20.7. The van der Waals surface area contributed by atoms with Gasteiger partial charge in [0.25, 0.3) is 5.56 Å². The van der Waals surface area contributed by atoms with Gasteiger partial charge in [0.05, 0.1) is 36.3 Å². The monoisotopic (exact) mass is 492 g/mol. The van der Waals surface area contributed by atoms with E-state index in [0.29, 0.717) is 41.8 Å². The fraction of sp³-hybridized carbons (Fsp3) is 0.276. The number of H-pyrrole nitrogens is 1. The molecule has 1 aliphatic heterocycles. The van der Waals surface area contributed by atoms with Crippen LogP contribution in [0, 0.1) is 17.2 Å². The van der Waals surface area contributed by atoms with Crippen molar-refractivity contribution < 1.29 is 4.74 Å². The maximum Gasteiger partial charge on any atom is 0.264 e. The zero-order chi connectivity index (χ0) is 25.6. The SMILES string of the molecule is CN1CCC(COc2cnc(-c3cccc(Cc4cc(=O)[nH]nc4-c4cccc(C#N)c4)c3)nc2)CC1. The minimum atomic E-state index is -0.273. The molecule has 3 heterocycles. The van der Waals surface area contributed by atoms with Crippen molar-refractivity contribution in [2.45, 2.75) is 19.3 Å². The number of hydrogen-bond donors (Lipinski definition) is 1. The molecule has 0 unspecified atom stereocenters. The van der Waals surface area contributed by atoms with Crippen molar-refractivity contribution in [1.29, 1.82) is 5.26 Å². The Kier molecular flexibility index (Phi) is 7.33. The molecule has 0 spiro atoms. The van der Waals surface area contributed by atoms with Gasteiger partial charge in [0.2, 0.25) is 0 Å². The molecule has 0 amide bonds. The normalized spacial score (nSPS) is 14.3. The summed E-state index contributed by atoms with van der Waals surface area (Å²) in [4.78, 5) is 23.5. The van der Waals surface area contributed by atoms with Crippen LogP contribution in [0.25, 0.3) is 22.6 Å². The van der Waals surface area contributed by atoms with E-state index >= 15 is 0 Å². The standard InChI is InChI=1S/C29H28N6O2/c1-35-10-8-20(9-11-35)19-37-26-17-31-29(32-18-26)24-7-2-4-21(12-24)13-25-15-27(36)33-34-28(25)23-6-3-5-22(14-23)16-30/h2-7,12,14-15,17-18,20H,8-11,13,19H2,1H3,(H,33,36). The highest BCUT2D eigenvalue weighted by molar-refractivity contribution is 5.65. The van der Waals surface area contributed by atoms with Crippen molar-refractivity contribution in [3.8, 4) is 34.5 Å². The fourth-order valence-corrected chi connectivity index (χ4v) is 4.59. The predicted octanol–water partition coefficient (Wildman–Crippen LogP) is 4.08. The molecule has 2 aromatic carbocycles. The molecule has 1 N–H and O–H groups in total. The first-order chi connectivity index (χ1) is 18.1. The van der Waals surface area contributed by atoms with Crippen LogP contribution in [0.15, 0.2) is 71.8 Å². The largest absolute Gasteiger partial charge is 0.490 e. The molecule has 8 nitrogen and oxygen atoms in total. The Morgan fingerprint density at radius 3 is 2.59 bits per heavy atom. The molecular weight excluding hydrogens is 464 g/mol. The van der Waals surface area contributed by atoms with Crippen LogP contribution in [-0.4, -0.2) is 51.8 Å².